The van der Waals surface area contributed by atoms with Crippen molar-refractivity contribution in [2.24, 2.45) is 0 Å². The van der Waals surface area contributed by atoms with Crippen molar-refractivity contribution in [3.63, 3.8) is 0 Å². The number of nitrogens with zero attached hydrogens (tertiary/aromatic N) is 1. The van der Waals surface area contributed by atoms with Crippen molar-refractivity contribution in [3.8, 4) is 11.5 Å². The summed E-state index contributed by atoms with van der Waals surface area (Å²) in [5.74, 6) is 1.05. The second-order valence-electron chi connectivity index (χ2n) is 4.13. The molecule has 1 aromatic heterocycles. The van der Waals surface area contributed by atoms with Gasteiger partial charge in [-0.3, -0.25) is 4.79 Å². The summed E-state index contributed by atoms with van der Waals surface area (Å²) in [6, 6.07) is 5.26. The van der Waals surface area contributed by atoms with E-state index in [2.05, 4.69) is 10.5 Å². The summed E-state index contributed by atoms with van der Waals surface area (Å²) in [6.07, 6.45) is 1.32. The van der Waals surface area contributed by atoms with Crippen LogP contribution in [0, 0.1) is 6.92 Å². The lowest BCUT2D eigenvalue weighted by Gasteiger charge is -2.18. The molecule has 2 heterocycles. The maximum absolute atomic E-state index is 12.0. The van der Waals surface area contributed by atoms with Crippen molar-refractivity contribution in [2.75, 3.05) is 18.5 Å². The van der Waals surface area contributed by atoms with Gasteiger partial charge in [0.25, 0.3) is 5.91 Å². The molecule has 0 unspecified atom stereocenters. The van der Waals surface area contributed by atoms with Crippen molar-refractivity contribution < 1.29 is 18.8 Å². The van der Waals surface area contributed by atoms with E-state index in [0.717, 1.165) is 0 Å². The molecule has 0 bridgehead atoms. The summed E-state index contributed by atoms with van der Waals surface area (Å²) in [6.45, 7) is 2.76. The quantitative estimate of drug-likeness (QED) is 0.894. The Morgan fingerprint density at radius 3 is 2.79 bits per heavy atom. The number of hydrogen-bond donors (Lipinski definition) is 1. The van der Waals surface area contributed by atoms with Gasteiger partial charge in [0.2, 0.25) is 0 Å². The van der Waals surface area contributed by atoms with E-state index in [4.69, 9.17) is 14.0 Å². The molecule has 1 aromatic carbocycles. The summed E-state index contributed by atoms with van der Waals surface area (Å²) in [4.78, 5) is 12.0. The van der Waals surface area contributed by atoms with Crippen LogP contribution in [-0.4, -0.2) is 24.3 Å². The second-order valence-corrected chi connectivity index (χ2v) is 4.13. The average Bonchev–Trinajstić information content (AvgIpc) is 2.85. The molecule has 0 fully saturated rings. The molecule has 1 N–H and O–H groups in total. The van der Waals surface area contributed by atoms with Crippen LogP contribution in [0.3, 0.4) is 0 Å². The predicted octanol–water partition coefficient (Wildman–Crippen LogP) is 2.01. The van der Waals surface area contributed by atoms with Crippen LogP contribution in [0.5, 0.6) is 11.5 Å². The molecule has 0 radical (unpaired) electrons. The van der Waals surface area contributed by atoms with Crippen LogP contribution < -0.4 is 14.8 Å². The molecule has 1 aliphatic rings. The number of rotatable bonds is 2. The molecular weight excluding hydrogens is 248 g/mol. The third-order valence-corrected chi connectivity index (χ3v) is 2.79. The summed E-state index contributed by atoms with van der Waals surface area (Å²) in [5, 5.41) is 6.43. The van der Waals surface area contributed by atoms with Crippen LogP contribution in [-0.2, 0) is 0 Å². The van der Waals surface area contributed by atoms with E-state index in [1.807, 2.05) is 0 Å². The minimum atomic E-state index is -0.268. The number of fused-ring (bicyclic) bond motifs is 1. The van der Waals surface area contributed by atoms with Gasteiger partial charge in [-0.05, 0) is 19.1 Å². The van der Waals surface area contributed by atoms with Gasteiger partial charge in [0.1, 0.15) is 25.0 Å². The molecule has 0 atom stereocenters. The summed E-state index contributed by atoms with van der Waals surface area (Å²) < 4.78 is 15.6. The number of amides is 1. The minimum absolute atomic E-state index is 0.268. The zero-order valence-corrected chi connectivity index (χ0v) is 10.3. The van der Waals surface area contributed by atoms with Gasteiger partial charge in [0, 0.05) is 11.8 Å². The number of carbonyl (C=O) groups excluding carboxylic acids is 1. The lowest BCUT2D eigenvalue weighted by atomic mass is 10.2. The van der Waals surface area contributed by atoms with E-state index in [1.165, 1.54) is 6.26 Å². The second kappa shape index (κ2) is 4.64. The van der Waals surface area contributed by atoms with Crippen LogP contribution in [0.2, 0.25) is 0 Å². The maximum Gasteiger partial charge on any atom is 0.260 e. The molecular formula is C13H12N2O4. The normalized spacial score (nSPS) is 13.1. The average molecular weight is 260 g/mol. The fourth-order valence-electron chi connectivity index (χ4n) is 1.83. The lowest BCUT2D eigenvalue weighted by Crippen LogP contribution is -2.16. The molecule has 19 heavy (non-hydrogen) atoms. The van der Waals surface area contributed by atoms with Crippen LogP contribution in [0.1, 0.15) is 16.1 Å². The first kappa shape index (κ1) is 11.6. The Morgan fingerprint density at radius 2 is 2.05 bits per heavy atom. The Hall–Kier alpha value is -2.50. The number of aromatic nitrogens is 1. The van der Waals surface area contributed by atoms with E-state index in [1.54, 1.807) is 25.1 Å². The highest BCUT2D eigenvalue weighted by Gasteiger charge is 2.15. The fourth-order valence-corrected chi connectivity index (χ4v) is 1.83. The zero-order chi connectivity index (χ0) is 13.2. The van der Waals surface area contributed by atoms with Crippen LogP contribution >= 0.6 is 0 Å². The highest BCUT2D eigenvalue weighted by atomic mass is 16.6. The predicted molar refractivity (Wildman–Crippen MR) is 66.6 cm³/mol. The molecule has 98 valence electrons. The maximum atomic E-state index is 12.0. The van der Waals surface area contributed by atoms with Crippen molar-refractivity contribution in [2.45, 2.75) is 6.92 Å². The molecule has 6 heteroatoms. The first-order valence-corrected chi connectivity index (χ1v) is 5.86. The third kappa shape index (κ3) is 2.24. The van der Waals surface area contributed by atoms with Gasteiger partial charge < -0.3 is 19.3 Å². The number of nitrogens with one attached hydrogen (secondary N) is 1. The molecule has 0 saturated carbocycles. The Bertz CT molecular complexity index is 621. The van der Waals surface area contributed by atoms with Gasteiger partial charge in [-0.1, -0.05) is 5.16 Å². The Labute approximate surface area is 109 Å². The molecule has 0 aliphatic carbocycles. The van der Waals surface area contributed by atoms with Gasteiger partial charge in [0.05, 0.1) is 5.69 Å². The molecule has 0 spiro atoms. The zero-order valence-electron chi connectivity index (χ0n) is 10.3. The summed E-state index contributed by atoms with van der Waals surface area (Å²) in [7, 11) is 0. The number of hydrogen-bond acceptors (Lipinski definition) is 5. The number of aryl methyl sites for hydroxylation is 1. The lowest BCUT2D eigenvalue weighted by molar-refractivity contribution is 0.102. The van der Waals surface area contributed by atoms with Crippen LogP contribution in [0.25, 0.3) is 0 Å². The molecule has 1 aliphatic heterocycles. The standard InChI is InChI=1S/C13H12N2O4/c1-8-10(7-19-15-8)13(16)14-9-2-3-11-12(6-9)18-5-4-17-11/h2-3,6-7H,4-5H2,1H3,(H,14,16). The first-order valence-electron chi connectivity index (χ1n) is 5.86. The molecule has 3 rings (SSSR count). The molecule has 0 saturated heterocycles. The van der Waals surface area contributed by atoms with E-state index in [0.29, 0.717) is 41.7 Å². The number of carbonyl (C=O) groups is 1. The van der Waals surface area contributed by atoms with Crippen molar-refractivity contribution in [3.05, 3.63) is 35.7 Å². The number of benzene rings is 1. The highest BCUT2D eigenvalue weighted by Crippen LogP contribution is 2.32. The van der Waals surface area contributed by atoms with Gasteiger partial charge in [-0.25, -0.2) is 0 Å². The smallest absolute Gasteiger partial charge is 0.260 e. The van der Waals surface area contributed by atoms with Crippen LogP contribution in [0.4, 0.5) is 5.69 Å². The van der Waals surface area contributed by atoms with E-state index in [-0.39, 0.29) is 5.91 Å². The van der Waals surface area contributed by atoms with Crippen molar-refractivity contribution >= 4 is 11.6 Å². The number of anilines is 1. The van der Waals surface area contributed by atoms with Gasteiger partial charge >= 0.3 is 0 Å². The minimum Gasteiger partial charge on any atom is -0.486 e. The first-order chi connectivity index (χ1) is 9.24. The largest absolute Gasteiger partial charge is 0.486 e. The monoisotopic (exact) mass is 260 g/mol. The molecule has 1 amide bonds. The Kier molecular flexibility index (Phi) is 2.83. The topological polar surface area (TPSA) is 73.6 Å². The van der Waals surface area contributed by atoms with Crippen LogP contribution in [0.15, 0.2) is 29.0 Å². The Morgan fingerprint density at radius 1 is 1.26 bits per heavy atom. The summed E-state index contributed by atoms with van der Waals surface area (Å²) >= 11 is 0. The molecule has 6 nitrogen and oxygen atoms in total. The van der Waals surface area contributed by atoms with Crippen molar-refractivity contribution in [1.29, 1.82) is 0 Å². The number of ether oxygens (including phenoxy) is 2. The molecule has 2 aromatic rings. The highest BCUT2D eigenvalue weighted by molar-refractivity contribution is 6.04. The van der Waals surface area contributed by atoms with E-state index in [9.17, 15) is 4.79 Å². The van der Waals surface area contributed by atoms with E-state index >= 15 is 0 Å². The third-order valence-electron chi connectivity index (χ3n) is 2.79. The summed E-state index contributed by atoms with van der Waals surface area (Å²) in [5.41, 5.74) is 1.60. The Balaban J connectivity index is 1.80. The SMILES string of the molecule is Cc1nocc1C(=O)Nc1ccc2c(c1)OCCO2. The fraction of sp³-hybridized carbons (Fsp3) is 0.231. The van der Waals surface area contributed by atoms with Crippen molar-refractivity contribution in [1.82, 2.24) is 5.16 Å². The van der Waals surface area contributed by atoms with E-state index < -0.39 is 0 Å². The van der Waals surface area contributed by atoms with Gasteiger partial charge in [-0.15, -0.1) is 0 Å². The van der Waals surface area contributed by atoms with Gasteiger partial charge in [0.15, 0.2) is 11.5 Å². The van der Waals surface area contributed by atoms with Gasteiger partial charge in [-0.2, -0.15) is 0 Å².